The predicted molar refractivity (Wildman–Crippen MR) is 86.8 cm³/mol. The Morgan fingerprint density at radius 3 is 2.57 bits per heavy atom. The number of rotatable bonds is 5. The van der Waals surface area contributed by atoms with Crippen LogP contribution >= 0.6 is 11.3 Å². The summed E-state index contributed by atoms with van der Waals surface area (Å²) in [5.41, 5.74) is 6.83. The molecule has 0 bridgehead atoms. The highest BCUT2D eigenvalue weighted by molar-refractivity contribution is 7.15. The van der Waals surface area contributed by atoms with E-state index in [2.05, 4.69) is 9.80 Å². The molecule has 2 aliphatic rings. The Morgan fingerprint density at radius 2 is 1.95 bits per heavy atom. The molecule has 0 spiro atoms. The fourth-order valence-electron chi connectivity index (χ4n) is 3.46. The molecule has 1 saturated heterocycles. The number of methoxy groups -OCH3 is 1. The van der Waals surface area contributed by atoms with E-state index in [0.29, 0.717) is 13.2 Å². The molecule has 0 aromatic carbocycles. The first-order chi connectivity index (χ1) is 10.3. The van der Waals surface area contributed by atoms with Gasteiger partial charge in [-0.15, -0.1) is 11.3 Å². The molecule has 1 aromatic heterocycles. The van der Waals surface area contributed by atoms with Crippen LogP contribution in [-0.4, -0.2) is 49.2 Å². The van der Waals surface area contributed by atoms with E-state index in [0.717, 1.165) is 34.8 Å². The zero-order chi connectivity index (χ0) is 14.7. The first-order valence-corrected chi connectivity index (χ1v) is 8.80. The number of nitrogens with two attached hydrogens (primary N) is 1. The van der Waals surface area contributed by atoms with Gasteiger partial charge < -0.3 is 15.4 Å². The minimum Gasteiger partial charge on any atom is -0.378 e. The molecule has 6 heteroatoms. The number of hydrogen-bond acceptors (Lipinski definition) is 6. The summed E-state index contributed by atoms with van der Waals surface area (Å²) in [6.07, 6.45) is 5.62. The van der Waals surface area contributed by atoms with Gasteiger partial charge in [-0.1, -0.05) is 12.8 Å². The van der Waals surface area contributed by atoms with Crippen molar-refractivity contribution in [3.8, 4) is 0 Å². The Morgan fingerprint density at radius 1 is 1.24 bits per heavy atom. The van der Waals surface area contributed by atoms with E-state index >= 15 is 0 Å². The van der Waals surface area contributed by atoms with Crippen LogP contribution in [0.3, 0.4) is 0 Å². The number of ether oxygens (including phenoxy) is 1. The third-order valence-corrected chi connectivity index (χ3v) is 5.84. The van der Waals surface area contributed by atoms with E-state index < -0.39 is 0 Å². The van der Waals surface area contributed by atoms with Crippen molar-refractivity contribution in [3.63, 3.8) is 0 Å². The maximum absolute atomic E-state index is 5.82. The van der Waals surface area contributed by atoms with Gasteiger partial charge in [0.1, 0.15) is 0 Å². The molecule has 2 fully saturated rings. The first-order valence-electron chi connectivity index (χ1n) is 7.98. The first kappa shape index (κ1) is 15.2. The van der Waals surface area contributed by atoms with Gasteiger partial charge in [-0.3, -0.25) is 4.90 Å². The summed E-state index contributed by atoms with van der Waals surface area (Å²) < 4.78 is 5.22. The average Bonchev–Trinajstić information content (AvgIpc) is 3.17. The van der Waals surface area contributed by atoms with E-state index in [4.69, 9.17) is 15.5 Å². The minimum atomic E-state index is 0.554. The Kier molecular flexibility index (Phi) is 5.11. The van der Waals surface area contributed by atoms with Crippen LogP contribution in [0.1, 0.15) is 36.3 Å². The van der Waals surface area contributed by atoms with Gasteiger partial charge >= 0.3 is 0 Å². The molecule has 2 heterocycles. The molecule has 0 atom stereocenters. The number of hydrogen-bond donors (Lipinski definition) is 1. The van der Waals surface area contributed by atoms with Crippen molar-refractivity contribution in [1.82, 2.24) is 9.88 Å². The van der Waals surface area contributed by atoms with Gasteiger partial charge in [0.15, 0.2) is 5.13 Å². The van der Waals surface area contributed by atoms with Crippen molar-refractivity contribution in [2.45, 2.75) is 44.9 Å². The van der Waals surface area contributed by atoms with Gasteiger partial charge in [-0.25, -0.2) is 4.98 Å². The second-order valence-corrected chi connectivity index (χ2v) is 7.03. The second kappa shape index (κ2) is 7.05. The molecular formula is C15H26N4OS. The van der Waals surface area contributed by atoms with Crippen molar-refractivity contribution in [2.24, 2.45) is 5.73 Å². The van der Waals surface area contributed by atoms with Gasteiger partial charge in [-0.05, 0) is 12.8 Å². The largest absolute Gasteiger partial charge is 0.378 e. The van der Waals surface area contributed by atoms with E-state index in [1.54, 1.807) is 18.4 Å². The molecule has 1 aromatic rings. The molecule has 1 saturated carbocycles. The van der Waals surface area contributed by atoms with Gasteiger partial charge in [0.2, 0.25) is 0 Å². The second-order valence-electron chi connectivity index (χ2n) is 5.96. The quantitative estimate of drug-likeness (QED) is 0.899. The molecule has 1 aliphatic carbocycles. The molecule has 0 amide bonds. The van der Waals surface area contributed by atoms with E-state index in [9.17, 15) is 0 Å². The lowest BCUT2D eigenvalue weighted by molar-refractivity contribution is 0.180. The van der Waals surface area contributed by atoms with Crippen LogP contribution in [0.2, 0.25) is 0 Å². The van der Waals surface area contributed by atoms with Crippen LogP contribution in [0.25, 0.3) is 0 Å². The van der Waals surface area contributed by atoms with Crippen molar-refractivity contribution in [3.05, 3.63) is 10.6 Å². The molecule has 0 radical (unpaired) electrons. The molecular weight excluding hydrogens is 284 g/mol. The number of nitrogens with zero attached hydrogens (tertiary/aromatic N) is 3. The van der Waals surface area contributed by atoms with Crippen LogP contribution in [0, 0.1) is 0 Å². The summed E-state index contributed by atoms with van der Waals surface area (Å²) in [5.74, 6) is 0. The lowest BCUT2D eigenvalue weighted by Gasteiger charge is -2.37. The topological polar surface area (TPSA) is 54.6 Å². The van der Waals surface area contributed by atoms with Crippen LogP contribution in [-0.2, 0) is 17.9 Å². The zero-order valence-corrected chi connectivity index (χ0v) is 13.7. The van der Waals surface area contributed by atoms with Gasteiger partial charge in [0, 0.05) is 50.8 Å². The highest BCUT2D eigenvalue weighted by Crippen LogP contribution is 2.29. The third kappa shape index (κ3) is 3.39. The molecule has 1 aliphatic heterocycles. The van der Waals surface area contributed by atoms with Crippen molar-refractivity contribution < 1.29 is 4.74 Å². The smallest absolute Gasteiger partial charge is 0.185 e. The summed E-state index contributed by atoms with van der Waals surface area (Å²) in [7, 11) is 1.71. The Bertz CT molecular complexity index is 451. The number of piperazine rings is 1. The van der Waals surface area contributed by atoms with Crippen LogP contribution < -0.4 is 10.6 Å². The summed E-state index contributed by atoms with van der Waals surface area (Å²) >= 11 is 1.73. The van der Waals surface area contributed by atoms with Crippen LogP contribution in [0.15, 0.2) is 0 Å². The van der Waals surface area contributed by atoms with Gasteiger partial charge in [-0.2, -0.15) is 0 Å². The molecule has 0 unspecified atom stereocenters. The fourth-order valence-corrected chi connectivity index (χ4v) is 4.46. The van der Waals surface area contributed by atoms with Crippen LogP contribution in [0.4, 0.5) is 5.13 Å². The highest BCUT2D eigenvalue weighted by Gasteiger charge is 2.27. The Hall–Kier alpha value is -0.690. The number of anilines is 1. The normalized spacial score (nSPS) is 21.3. The van der Waals surface area contributed by atoms with E-state index in [1.165, 1.54) is 38.8 Å². The third-order valence-electron chi connectivity index (χ3n) is 4.66. The van der Waals surface area contributed by atoms with Gasteiger partial charge in [0.25, 0.3) is 0 Å². The van der Waals surface area contributed by atoms with Gasteiger partial charge in [0.05, 0.1) is 12.3 Å². The summed E-state index contributed by atoms with van der Waals surface area (Å²) in [6.45, 7) is 5.62. The summed E-state index contributed by atoms with van der Waals surface area (Å²) in [6, 6.07) is 0.840. The monoisotopic (exact) mass is 310 g/mol. The van der Waals surface area contributed by atoms with E-state index in [1.807, 2.05) is 0 Å². The molecule has 118 valence electrons. The van der Waals surface area contributed by atoms with Crippen molar-refractivity contribution in [2.75, 3.05) is 38.2 Å². The SMILES string of the molecule is COCc1nc(N2CCN(C3CCCC3)CC2)sc1CN. The van der Waals surface area contributed by atoms with Crippen molar-refractivity contribution >= 4 is 16.5 Å². The summed E-state index contributed by atoms with van der Waals surface area (Å²) in [4.78, 5) is 11.0. The molecule has 21 heavy (non-hydrogen) atoms. The lowest BCUT2D eigenvalue weighted by Crippen LogP contribution is -2.49. The zero-order valence-electron chi connectivity index (χ0n) is 12.9. The van der Waals surface area contributed by atoms with E-state index in [-0.39, 0.29) is 0 Å². The molecule has 2 N–H and O–H groups in total. The Balaban J connectivity index is 1.60. The standard InChI is InChI=1S/C15H26N4OS/c1-20-11-13-14(10-16)21-15(17-13)19-8-6-18(7-9-19)12-4-2-3-5-12/h12H,2-11,16H2,1H3. The predicted octanol–water partition coefficient (Wildman–Crippen LogP) is 1.81. The number of thiazole rings is 1. The highest BCUT2D eigenvalue weighted by atomic mass is 32.1. The summed E-state index contributed by atoms with van der Waals surface area (Å²) in [5, 5.41) is 1.12. The number of aromatic nitrogens is 1. The maximum atomic E-state index is 5.82. The Labute approximate surface area is 131 Å². The minimum absolute atomic E-state index is 0.554. The van der Waals surface area contributed by atoms with Crippen molar-refractivity contribution in [1.29, 1.82) is 0 Å². The lowest BCUT2D eigenvalue weighted by atomic mass is 10.2. The average molecular weight is 310 g/mol. The maximum Gasteiger partial charge on any atom is 0.185 e. The van der Waals surface area contributed by atoms with Crippen LogP contribution in [0.5, 0.6) is 0 Å². The fraction of sp³-hybridized carbons (Fsp3) is 0.800. The molecule has 3 rings (SSSR count). The molecule has 5 nitrogen and oxygen atoms in total.